The summed E-state index contributed by atoms with van der Waals surface area (Å²) in [6, 6.07) is 13.6. The Hall–Kier alpha value is -2.69. The molecule has 0 saturated heterocycles. The molecule has 0 aromatic heterocycles. The van der Waals surface area contributed by atoms with Gasteiger partial charge in [-0.05, 0) is 48.7 Å². The summed E-state index contributed by atoms with van der Waals surface area (Å²) in [5.41, 5.74) is 1.72. The summed E-state index contributed by atoms with van der Waals surface area (Å²) in [7, 11) is 1.62. The molecule has 1 saturated carbocycles. The Morgan fingerprint density at radius 1 is 1.07 bits per heavy atom. The number of amides is 1. The fraction of sp³-hybridized carbons (Fsp3) is 0.409. The highest BCUT2D eigenvalue weighted by Crippen LogP contribution is 2.34. The molecule has 0 radical (unpaired) electrons. The molecule has 1 aliphatic heterocycles. The molecule has 27 heavy (non-hydrogen) atoms. The minimum absolute atomic E-state index is 0.0541. The molecule has 1 fully saturated rings. The quantitative estimate of drug-likeness (QED) is 0.786. The van der Waals surface area contributed by atoms with E-state index in [1.54, 1.807) is 7.11 Å². The van der Waals surface area contributed by atoms with E-state index in [9.17, 15) is 4.79 Å². The topological polar surface area (TPSA) is 48.0 Å². The first-order valence-corrected chi connectivity index (χ1v) is 9.58. The van der Waals surface area contributed by atoms with Crippen molar-refractivity contribution in [3.05, 3.63) is 53.6 Å². The van der Waals surface area contributed by atoms with E-state index in [4.69, 9.17) is 14.2 Å². The maximum Gasteiger partial charge on any atom is 0.254 e. The third-order valence-electron chi connectivity index (χ3n) is 5.38. The standard InChI is InChI=1S/C22H25NO4/c1-25-19-9-5-6-17(13-19)22(24)23(18-7-3-2-4-8-18)14-16-10-11-20-21(12-16)27-15-26-20/h5-6,9-13,18H,2-4,7-8,14-15H2,1H3. The van der Waals surface area contributed by atoms with E-state index in [2.05, 4.69) is 0 Å². The highest BCUT2D eigenvalue weighted by molar-refractivity contribution is 5.94. The molecule has 1 aliphatic carbocycles. The molecular formula is C22H25NO4. The number of carbonyl (C=O) groups excluding carboxylic acids is 1. The normalized spacial score (nSPS) is 16.2. The van der Waals surface area contributed by atoms with Gasteiger partial charge < -0.3 is 19.1 Å². The van der Waals surface area contributed by atoms with E-state index >= 15 is 0 Å². The third-order valence-corrected chi connectivity index (χ3v) is 5.38. The zero-order valence-corrected chi connectivity index (χ0v) is 15.6. The molecule has 0 bridgehead atoms. The van der Waals surface area contributed by atoms with Crippen LogP contribution in [0.2, 0.25) is 0 Å². The summed E-state index contributed by atoms with van der Waals surface area (Å²) in [4.78, 5) is 15.4. The largest absolute Gasteiger partial charge is 0.497 e. The van der Waals surface area contributed by atoms with Crippen molar-refractivity contribution in [2.45, 2.75) is 44.7 Å². The van der Waals surface area contributed by atoms with Crippen molar-refractivity contribution >= 4 is 5.91 Å². The van der Waals surface area contributed by atoms with Gasteiger partial charge >= 0.3 is 0 Å². The molecule has 142 valence electrons. The smallest absolute Gasteiger partial charge is 0.254 e. The van der Waals surface area contributed by atoms with Gasteiger partial charge in [-0.2, -0.15) is 0 Å². The van der Waals surface area contributed by atoms with Crippen LogP contribution in [0.5, 0.6) is 17.2 Å². The summed E-state index contributed by atoms with van der Waals surface area (Å²) < 4.78 is 16.2. The number of methoxy groups -OCH3 is 1. The van der Waals surface area contributed by atoms with Crippen LogP contribution in [0.4, 0.5) is 0 Å². The van der Waals surface area contributed by atoms with Crippen LogP contribution in [0.25, 0.3) is 0 Å². The van der Waals surface area contributed by atoms with Crippen molar-refractivity contribution in [3.8, 4) is 17.2 Å². The number of benzene rings is 2. The number of rotatable bonds is 5. The van der Waals surface area contributed by atoms with Gasteiger partial charge in [-0.3, -0.25) is 4.79 Å². The Labute approximate surface area is 159 Å². The van der Waals surface area contributed by atoms with Crippen molar-refractivity contribution < 1.29 is 19.0 Å². The van der Waals surface area contributed by atoms with Crippen LogP contribution in [0.3, 0.4) is 0 Å². The van der Waals surface area contributed by atoms with Crippen LogP contribution in [-0.2, 0) is 6.54 Å². The van der Waals surface area contributed by atoms with Gasteiger partial charge in [0.2, 0.25) is 6.79 Å². The fourth-order valence-corrected chi connectivity index (χ4v) is 3.92. The molecule has 5 nitrogen and oxygen atoms in total. The lowest BCUT2D eigenvalue weighted by Crippen LogP contribution is -2.41. The lowest BCUT2D eigenvalue weighted by atomic mass is 9.93. The molecule has 0 N–H and O–H groups in total. The van der Waals surface area contributed by atoms with E-state index in [1.165, 1.54) is 19.3 Å². The molecule has 0 atom stereocenters. The number of carbonyl (C=O) groups is 1. The second kappa shape index (κ2) is 7.91. The number of fused-ring (bicyclic) bond motifs is 1. The van der Waals surface area contributed by atoms with Crippen LogP contribution in [0.1, 0.15) is 48.0 Å². The maximum absolute atomic E-state index is 13.4. The Bertz CT molecular complexity index is 814. The summed E-state index contributed by atoms with van der Waals surface area (Å²) >= 11 is 0. The van der Waals surface area contributed by atoms with Crippen molar-refractivity contribution in [2.75, 3.05) is 13.9 Å². The monoisotopic (exact) mass is 367 g/mol. The van der Waals surface area contributed by atoms with E-state index in [1.807, 2.05) is 47.4 Å². The zero-order valence-electron chi connectivity index (χ0n) is 15.6. The predicted octanol–water partition coefficient (Wildman–Crippen LogP) is 4.40. The van der Waals surface area contributed by atoms with Gasteiger partial charge in [0, 0.05) is 18.2 Å². The Kier molecular flexibility index (Phi) is 5.19. The van der Waals surface area contributed by atoms with E-state index in [-0.39, 0.29) is 18.7 Å². The molecule has 2 aliphatic rings. The number of nitrogens with zero attached hydrogens (tertiary/aromatic N) is 1. The minimum atomic E-state index is 0.0541. The molecule has 2 aromatic rings. The van der Waals surface area contributed by atoms with Gasteiger partial charge in [-0.25, -0.2) is 0 Å². The van der Waals surface area contributed by atoms with Crippen LogP contribution in [-0.4, -0.2) is 30.8 Å². The Balaban J connectivity index is 1.61. The molecular weight excluding hydrogens is 342 g/mol. The average Bonchev–Trinajstić information content (AvgIpc) is 3.20. The van der Waals surface area contributed by atoms with Crippen molar-refractivity contribution in [2.24, 2.45) is 0 Å². The lowest BCUT2D eigenvalue weighted by molar-refractivity contribution is 0.0613. The van der Waals surface area contributed by atoms with E-state index in [0.717, 1.165) is 29.9 Å². The maximum atomic E-state index is 13.4. The molecule has 1 amide bonds. The molecule has 0 spiro atoms. The fourth-order valence-electron chi connectivity index (χ4n) is 3.92. The second-order valence-corrected chi connectivity index (χ2v) is 7.14. The van der Waals surface area contributed by atoms with Crippen LogP contribution in [0, 0.1) is 0 Å². The summed E-state index contributed by atoms with van der Waals surface area (Å²) in [5, 5.41) is 0. The average molecular weight is 367 g/mol. The molecule has 5 heteroatoms. The highest BCUT2D eigenvalue weighted by atomic mass is 16.7. The Morgan fingerprint density at radius 2 is 1.89 bits per heavy atom. The number of hydrogen-bond acceptors (Lipinski definition) is 4. The lowest BCUT2D eigenvalue weighted by Gasteiger charge is -2.34. The molecule has 0 unspecified atom stereocenters. The van der Waals surface area contributed by atoms with Crippen molar-refractivity contribution in [3.63, 3.8) is 0 Å². The minimum Gasteiger partial charge on any atom is -0.497 e. The Morgan fingerprint density at radius 3 is 2.70 bits per heavy atom. The van der Waals surface area contributed by atoms with Crippen LogP contribution in [0.15, 0.2) is 42.5 Å². The first-order valence-electron chi connectivity index (χ1n) is 9.58. The van der Waals surface area contributed by atoms with E-state index in [0.29, 0.717) is 17.9 Å². The summed E-state index contributed by atoms with van der Waals surface area (Å²) in [6.45, 7) is 0.825. The van der Waals surface area contributed by atoms with Gasteiger partial charge in [0.1, 0.15) is 5.75 Å². The number of hydrogen-bond donors (Lipinski definition) is 0. The first kappa shape index (κ1) is 17.7. The second-order valence-electron chi connectivity index (χ2n) is 7.14. The highest BCUT2D eigenvalue weighted by Gasteiger charge is 2.27. The summed E-state index contributed by atoms with van der Waals surface area (Å²) in [5.74, 6) is 2.28. The molecule has 2 aromatic carbocycles. The van der Waals surface area contributed by atoms with E-state index < -0.39 is 0 Å². The van der Waals surface area contributed by atoms with Gasteiger partial charge in [0.15, 0.2) is 11.5 Å². The van der Waals surface area contributed by atoms with Crippen molar-refractivity contribution in [1.82, 2.24) is 4.90 Å². The van der Waals surface area contributed by atoms with Gasteiger partial charge in [-0.1, -0.05) is 31.4 Å². The van der Waals surface area contributed by atoms with Crippen molar-refractivity contribution in [1.29, 1.82) is 0 Å². The molecule has 1 heterocycles. The summed E-state index contributed by atoms with van der Waals surface area (Å²) in [6.07, 6.45) is 5.71. The SMILES string of the molecule is COc1cccc(C(=O)N(Cc2ccc3c(c2)OCO3)C2CCCCC2)c1. The van der Waals surface area contributed by atoms with Gasteiger partial charge in [0.25, 0.3) is 5.91 Å². The van der Waals surface area contributed by atoms with Crippen LogP contribution >= 0.6 is 0 Å². The zero-order chi connectivity index (χ0) is 18.6. The number of ether oxygens (including phenoxy) is 3. The predicted molar refractivity (Wildman–Crippen MR) is 102 cm³/mol. The third kappa shape index (κ3) is 3.87. The van der Waals surface area contributed by atoms with Gasteiger partial charge in [0.05, 0.1) is 7.11 Å². The first-order chi connectivity index (χ1) is 13.2. The molecule has 4 rings (SSSR count). The van der Waals surface area contributed by atoms with Gasteiger partial charge in [-0.15, -0.1) is 0 Å². The van der Waals surface area contributed by atoms with Crippen LogP contribution < -0.4 is 14.2 Å².